The summed E-state index contributed by atoms with van der Waals surface area (Å²) >= 11 is 13.0. The van der Waals surface area contributed by atoms with Gasteiger partial charge in [-0.25, -0.2) is 0 Å². The molecule has 1 saturated heterocycles. The lowest BCUT2D eigenvalue weighted by Gasteiger charge is -2.27. The Morgan fingerprint density at radius 1 is 1.10 bits per heavy atom. The number of amides is 1. The molecule has 3 rings (SSSR count). The Labute approximate surface area is 201 Å². The zero-order valence-corrected chi connectivity index (χ0v) is 20.5. The summed E-state index contributed by atoms with van der Waals surface area (Å²) in [5.41, 5.74) is 1.71. The van der Waals surface area contributed by atoms with Crippen LogP contribution in [0.4, 0.5) is 11.4 Å². The van der Waals surface area contributed by atoms with Crippen LogP contribution in [0, 0.1) is 0 Å². The van der Waals surface area contributed by atoms with Gasteiger partial charge < -0.3 is 4.74 Å². The van der Waals surface area contributed by atoms with Gasteiger partial charge in [0.2, 0.25) is 5.91 Å². The highest BCUT2D eigenvalue weighted by Gasteiger charge is 2.25. The second kappa shape index (κ2) is 12.0. The quantitative estimate of drug-likeness (QED) is 0.210. The average molecular weight is 498 g/mol. The standard InChI is InChI=1S/C23H25Cl2NO3S2/c1-29-22(28)15-16-7-2-4-11-20(16)26(23-18(24)9-6-10-19(23)25)21(27)12-5-3-8-17-13-14-30-31-17/h2,4,6-7,9-11,17H,3,5,8,12-15H2,1H3/t17-/m1/s1. The number of hydrogen-bond donors (Lipinski definition) is 0. The summed E-state index contributed by atoms with van der Waals surface area (Å²) in [6.07, 6.45) is 4.58. The molecule has 0 aliphatic carbocycles. The number of carbonyl (C=O) groups excluding carboxylic acids is 2. The van der Waals surface area contributed by atoms with E-state index in [1.165, 1.54) is 19.3 Å². The molecule has 0 unspecified atom stereocenters. The third kappa shape index (κ3) is 6.58. The Morgan fingerprint density at radius 3 is 2.52 bits per heavy atom. The monoisotopic (exact) mass is 497 g/mol. The molecular weight excluding hydrogens is 473 g/mol. The van der Waals surface area contributed by atoms with E-state index < -0.39 is 0 Å². The molecule has 166 valence electrons. The number of unbranched alkanes of at least 4 members (excludes halogenated alkanes) is 1. The number of anilines is 2. The first-order chi connectivity index (χ1) is 15.0. The molecular formula is C23H25Cl2NO3S2. The van der Waals surface area contributed by atoms with Gasteiger partial charge in [-0.3, -0.25) is 14.5 Å². The summed E-state index contributed by atoms with van der Waals surface area (Å²) in [6, 6.07) is 12.4. The SMILES string of the molecule is COC(=O)Cc1ccccc1N(C(=O)CCCC[C@@H]1CCSS1)c1c(Cl)cccc1Cl. The number of hydrogen-bond acceptors (Lipinski definition) is 5. The van der Waals surface area contributed by atoms with Crippen LogP contribution in [-0.2, 0) is 20.7 Å². The van der Waals surface area contributed by atoms with Crippen molar-refractivity contribution in [2.75, 3.05) is 17.8 Å². The zero-order valence-electron chi connectivity index (χ0n) is 17.3. The topological polar surface area (TPSA) is 46.6 Å². The van der Waals surface area contributed by atoms with Crippen molar-refractivity contribution in [2.45, 2.75) is 43.8 Å². The molecule has 1 aliphatic heterocycles. The molecule has 2 aromatic carbocycles. The predicted octanol–water partition coefficient (Wildman–Crippen LogP) is 7.09. The van der Waals surface area contributed by atoms with Crippen molar-refractivity contribution < 1.29 is 14.3 Å². The highest BCUT2D eigenvalue weighted by molar-refractivity contribution is 8.77. The molecule has 1 fully saturated rings. The fourth-order valence-corrected chi connectivity index (χ4v) is 7.11. The summed E-state index contributed by atoms with van der Waals surface area (Å²) in [5, 5.41) is 1.45. The van der Waals surface area contributed by atoms with Crippen LogP contribution in [0.5, 0.6) is 0 Å². The Kier molecular flexibility index (Phi) is 9.45. The van der Waals surface area contributed by atoms with E-state index in [1.54, 1.807) is 23.1 Å². The number of methoxy groups -OCH3 is 1. The summed E-state index contributed by atoms with van der Waals surface area (Å²) in [7, 11) is 5.24. The third-order valence-electron chi connectivity index (χ3n) is 5.10. The van der Waals surface area contributed by atoms with Crippen LogP contribution in [0.15, 0.2) is 42.5 Å². The number of nitrogens with zero attached hydrogens (tertiary/aromatic N) is 1. The van der Waals surface area contributed by atoms with E-state index in [0.717, 1.165) is 19.3 Å². The Balaban J connectivity index is 1.85. The number of esters is 1. The van der Waals surface area contributed by atoms with Gasteiger partial charge in [0.25, 0.3) is 0 Å². The number of ether oxygens (including phenoxy) is 1. The second-order valence-electron chi connectivity index (χ2n) is 7.26. The zero-order chi connectivity index (χ0) is 22.2. The minimum atomic E-state index is -0.378. The smallest absolute Gasteiger partial charge is 0.310 e. The van der Waals surface area contributed by atoms with Crippen LogP contribution >= 0.6 is 44.8 Å². The number of rotatable bonds is 9. The molecule has 0 spiro atoms. The van der Waals surface area contributed by atoms with E-state index in [1.807, 2.05) is 45.9 Å². The minimum Gasteiger partial charge on any atom is -0.469 e. The van der Waals surface area contributed by atoms with Crippen molar-refractivity contribution in [1.82, 2.24) is 0 Å². The number of halogens is 2. The van der Waals surface area contributed by atoms with Gasteiger partial charge in [0.15, 0.2) is 0 Å². The highest BCUT2D eigenvalue weighted by atomic mass is 35.5. The Morgan fingerprint density at radius 2 is 1.84 bits per heavy atom. The number of para-hydroxylation sites is 2. The summed E-state index contributed by atoms with van der Waals surface area (Å²) in [4.78, 5) is 26.9. The second-order valence-corrected chi connectivity index (χ2v) is 10.9. The van der Waals surface area contributed by atoms with E-state index in [4.69, 9.17) is 27.9 Å². The maximum absolute atomic E-state index is 13.4. The molecule has 0 saturated carbocycles. The van der Waals surface area contributed by atoms with Gasteiger partial charge in [-0.2, -0.15) is 0 Å². The molecule has 2 aromatic rings. The molecule has 0 aromatic heterocycles. The van der Waals surface area contributed by atoms with Crippen molar-refractivity contribution >= 4 is 68.0 Å². The molecule has 0 N–H and O–H groups in total. The molecule has 0 radical (unpaired) electrons. The normalized spacial score (nSPS) is 15.6. The van der Waals surface area contributed by atoms with Crippen LogP contribution < -0.4 is 4.90 Å². The van der Waals surface area contributed by atoms with E-state index in [0.29, 0.717) is 38.7 Å². The average Bonchev–Trinajstić information content (AvgIpc) is 3.28. The summed E-state index contributed by atoms with van der Waals surface area (Å²) in [5.74, 6) is 0.738. The largest absolute Gasteiger partial charge is 0.469 e. The van der Waals surface area contributed by atoms with Crippen molar-refractivity contribution in [1.29, 1.82) is 0 Å². The first kappa shape index (κ1) is 24.3. The van der Waals surface area contributed by atoms with Gasteiger partial charge in [-0.05, 0) is 43.0 Å². The fourth-order valence-electron chi connectivity index (χ4n) is 3.51. The fraction of sp³-hybridized carbons (Fsp3) is 0.391. The van der Waals surface area contributed by atoms with Gasteiger partial charge in [-0.15, -0.1) is 0 Å². The lowest BCUT2D eigenvalue weighted by molar-refractivity contribution is -0.139. The maximum atomic E-state index is 13.4. The third-order valence-corrected chi connectivity index (χ3v) is 8.72. The van der Waals surface area contributed by atoms with Gasteiger partial charge >= 0.3 is 5.97 Å². The van der Waals surface area contributed by atoms with Crippen molar-refractivity contribution in [3.63, 3.8) is 0 Å². The van der Waals surface area contributed by atoms with E-state index >= 15 is 0 Å². The van der Waals surface area contributed by atoms with Crippen LogP contribution in [0.1, 0.15) is 37.7 Å². The maximum Gasteiger partial charge on any atom is 0.310 e. The molecule has 1 atom stereocenters. The van der Waals surface area contributed by atoms with E-state index in [2.05, 4.69) is 0 Å². The lowest BCUT2D eigenvalue weighted by atomic mass is 10.1. The number of carbonyl (C=O) groups is 2. The van der Waals surface area contributed by atoms with Gasteiger partial charge in [0.05, 0.1) is 35.0 Å². The first-order valence-corrected chi connectivity index (χ1v) is 13.3. The van der Waals surface area contributed by atoms with Crippen LogP contribution in [0.2, 0.25) is 10.0 Å². The van der Waals surface area contributed by atoms with Crippen molar-refractivity contribution in [3.05, 3.63) is 58.1 Å². The lowest BCUT2D eigenvalue weighted by Crippen LogP contribution is -2.27. The van der Waals surface area contributed by atoms with Gasteiger partial charge in [0, 0.05) is 17.4 Å². The van der Waals surface area contributed by atoms with Crippen molar-refractivity contribution in [2.24, 2.45) is 0 Å². The molecule has 1 aliphatic rings. The number of benzene rings is 2. The van der Waals surface area contributed by atoms with Crippen LogP contribution in [0.3, 0.4) is 0 Å². The van der Waals surface area contributed by atoms with Crippen LogP contribution in [-0.4, -0.2) is 30.0 Å². The van der Waals surface area contributed by atoms with E-state index in [-0.39, 0.29) is 18.3 Å². The molecule has 31 heavy (non-hydrogen) atoms. The molecule has 1 amide bonds. The van der Waals surface area contributed by atoms with Crippen LogP contribution in [0.25, 0.3) is 0 Å². The predicted molar refractivity (Wildman–Crippen MR) is 133 cm³/mol. The first-order valence-electron chi connectivity index (χ1n) is 10.2. The highest BCUT2D eigenvalue weighted by Crippen LogP contribution is 2.41. The molecule has 4 nitrogen and oxygen atoms in total. The Hall–Kier alpha value is -1.34. The van der Waals surface area contributed by atoms with E-state index in [9.17, 15) is 9.59 Å². The van der Waals surface area contributed by atoms with Crippen molar-refractivity contribution in [3.8, 4) is 0 Å². The summed E-state index contributed by atoms with van der Waals surface area (Å²) in [6.45, 7) is 0. The van der Waals surface area contributed by atoms with Gasteiger partial charge in [-0.1, -0.05) is 75.5 Å². The molecule has 0 bridgehead atoms. The minimum absolute atomic E-state index is 0.0507. The molecule has 1 heterocycles. The molecule has 8 heteroatoms. The van der Waals surface area contributed by atoms with Gasteiger partial charge in [0.1, 0.15) is 0 Å². The summed E-state index contributed by atoms with van der Waals surface area (Å²) < 4.78 is 4.83. The Bertz CT molecular complexity index is 899.